The minimum absolute atomic E-state index is 0.136. The van der Waals surface area contributed by atoms with Crippen molar-refractivity contribution in [2.24, 2.45) is 5.92 Å². The summed E-state index contributed by atoms with van der Waals surface area (Å²) in [6.07, 6.45) is 0.205. The molecule has 94 valence electrons. The summed E-state index contributed by atoms with van der Waals surface area (Å²) < 4.78 is 0. The van der Waals surface area contributed by atoms with E-state index in [0.29, 0.717) is 12.5 Å². The van der Waals surface area contributed by atoms with E-state index in [1.807, 2.05) is 19.1 Å². The van der Waals surface area contributed by atoms with Crippen molar-refractivity contribution in [3.05, 3.63) is 29.8 Å². The molecule has 0 aliphatic carbocycles. The summed E-state index contributed by atoms with van der Waals surface area (Å²) in [4.78, 5) is 10.5. The Morgan fingerprint density at radius 1 is 1.24 bits per heavy atom. The van der Waals surface area contributed by atoms with Crippen molar-refractivity contribution in [3.63, 3.8) is 0 Å². The summed E-state index contributed by atoms with van der Waals surface area (Å²) in [6.45, 7) is 6.95. The van der Waals surface area contributed by atoms with Gasteiger partial charge in [0.25, 0.3) is 0 Å². The SMILES string of the molecule is CC(CNc1ccc(C(C)C)cc1)CC(=O)O. The summed E-state index contributed by atoms with van der Waals surface area (Å²) >= 11 is 0. The number of hydrogen-bond donors (Lipinski definition) is 2. The standard InChI is InChI=1S/C14H21NO2/c1-10(2)12-4-6-13(7-5-12)15-9-11(3)8-14(16)17/h4-7,10-11,15H,8-9H2,1-3H3,(H,16,17). The molecule has 1 atom stereocenters. The van der Waals surface area contributed by atoms with E-state index in [1.165, 1.54) is 5.56 Å². The first-order chi connectivity index (χ1) is 7.99. The van der Waals surface area contributed by atoms with Crippen LogP contribution in [0.1, 0.15) is 38.7 Å². The largest absolute Gasteiger partial charge is 0.481 e. The number of nitrogens with one attached hydrogen (secondary N) is 1. The predicted molar refractivity (Wildman–Crippen MR) is 70.4 cm³/mol. The summed E-state index contributed by atoms with van der Waals surface area (Å²) in [5.41, 5.74) is 2.36. The van der Waals surface area contributed by atoms with Crippen molar-refractivity contribution in [2.45, 2.75) is 33.1 Å². The molecule has 0 saturated carbocycles. The molecule has 0 aromatic heterocycles. The molecule has 3 nitrogen and oxygen atoms in total. The first-order valence-corrected chi connectivity index (χ1v) is 6.04. The minimum Gasteiger partial charge on any atom is -0.481 e. The molecule has 0 aliphatic rings. The third-order valence-electron chi connectivity index (χ3n) is 2.76. The Hall–Kier alpha value is -1.51. The number of anilines is 1. The van der Waals surface area contributed by atoms with E-state index in [1.54, 1.807) is 0 Å². The maximum atomic E-state index is 10.5. The van der Waals surface area contributed by atoms with Gasteiger partial charge < -0.3 is 10.4 Å². The molecular formula is C14H21NO2. The van der Waals surface area contributed by atoms with Crippen LogP contribution in [0.5, 0.6) is 0 Å². The number of carboxylic acid groups (broad SMARTS) is 1. The van der Waals surface area contributed by atoms with E-state index in [9.17, 15) is 4.79 Å². The second kappa shape index (κ2) is 6.28. The molecule has 1 aromatic carbocycles. The lowest BCUT2D eigenvalue weighted by atomic mass is 10.0. The van der Waals surface area contributed by atoms with Crippen molar-refractivity contribution in [2.75, 3.05) is 11.9 Å². The van der Waals surface area contributed by atoms with E-state index in [-0.39, 0.29) is 12.3 Å². The quantitative estimate of drug-likeness (QED) is 0.795. The fraction of sp³-hybridized carbons (Fsp3) is 0.500. The van der Waals surface area contributed by atoms with Crippen LogP contribution < -0.4 is 5.32 Å². The Morgan fingerprint density at radius 3 is 2.29 bits per heavy atom. The fourth-order valence-electron chi connectivity index (χ4n) is 1.65. The molecule has 17 heavy (non-hydrogen) atoms. The molecule has 1 unspecified atom stereocenters. The summed E-state index contributed by atoms with van der Waals surface area (Å²) in [5.74, 6) is -0.0679. The molecule has 1 rings (SSSR count). The fourth-order valence-corrected chi connectivity index (χ4v) is 1.65. The van der Waals surface area contributed by atoms with Gasteiger partial charge in [-0.3, -0.25) is 4.79 Å². The second-order valence-electron chi connectivity index (χ2n) is 4.86. The van der Waals surface area contributed by atoms with Gasteiger partial charge in [0, 0.05) is 18.7 Å². The van der Waals surface area contributed by atoms with Gasteiger partial charge in [0.15, 0.2) is 0 Å². The van der Waals surface area contributed by atoms with Crippen LogP contribution in [0.15, 0.2) is 24.3 Å². The highest BCUT2D eigenvalue weighted by Crippen LogP contribution is 2.17. The van der Waals surface area contributed by atoms with Gasteiger partial charge >= 0.3 is 5.97 Å². The van der Waals surface area contributed by atoms with Gasteiger partial charge in [-0.25, -0.2) is 0 Å². The van der Waals surface area contributed by atoms with Gasteiger partial charge in [0.05, 0.1) is 0 Å². The third kappa shape index (κ3) is 4.89. The lowest BCUT2D eigenvalue weighted by Crippen LogP contribution is -2.14. The highest BCUT2D eigenvalue weighted by Gasteiger charge is 2.07. The van der Waals surface area contributed by atoms with Gasteiger partial charge in [-0.2, -0.15) is 0 Å². The zero-order valence-corrected chi connectivity index (χ0v) is 10.7. The van der Waals surface area contributed by atoms with Gasteiger partial charge in [0.1, 0.15) is 0 Å². The first kappa shape index (κ1) is 13.6. The molecule has 0 aliphatic heterocycles. The highest BCUT2D eigenvalue weighted by molar-refractivity contribution is 5.67. The Bertz CT molecular complexity index is 357. The van der Waals surface area contributed by atoms with Gasteiger partial charge in [-0.1, -0.05) is 32.9 Å². The lowest BCUT2D eigenvalue weighted by Gasteiger charge is -2.12. The first-order valence-electron chi connectivity index (χ1n) is 6.04. The number of carbonyl (C=O) groups is 1. The van der Waals surface area contributed by atoms with Crippen LogP contribution in [0.3, 0.4) is 0 Å². The van der Waals surface area contributed by atoms with E-state index in [0.717, 1.165) is 5.69 Å². The van der Waals surface area contributed by atoms with Crippen LogP contribution in [0, 0.1) is 5.92 Å². The maximum absolute atomic E-state index is 10.5. The van der Waals surface area contributed by atoms with Crippen LogP contribution in [0.25, 0.3) is 0 Å². The molecule has 0 heterocycles. The highest BCUT2D eigenvalue weighted by atomic mass is 16.4. The van der Waals surface area contributed by atoms with Crippen LogP contribution in [-0.4, -0.2) is 17.6 Å². The predicted octanol–water partition coefficient (Wildman–Crippen LogP) is 3.33. The molecule has 3 heteroatoms. The maximum Gasteiger partial charge on any atom is 0.303 e. The molecule has 0 fully saturated rings. The van der Waals surface area contributed by atoms with Crippen molar-refractivity contribution in [1.29, 1.82) is 0 Å². The molecule has 0 radical (unpaired) electrons. The molecule has 1 aromatic rings. The van der Waals surface area contributed by atoms with Crippen molar-refractivity contribution >= 4 is 11.7 Å². The number of benzene rings is 1. The Morgan fingerprint density at radius 2 is 1.82 bits per heavy atom. The lowest BCUT2D eigenvalue weighted by molar-refractivity contribution is -0.137. The normalized spacial score (nSPS) is 12.5. The van der Waals surface area contributed by atoms with Crippen LogP contribution in [0.4, 0.5) is 5.69 Å². The van der Waals surface area contributed by atoms with Crippen molar-refractivity contribution in [3.8, 4) is 0 Å². The number of carboxylic acids is 1. The molecule has 0 bridgehead atoms. The second-order valence-corrected chi connectivity index (χ2v) is 4.86. The third-order valence-corrected chi connectivity index (χ3v) is 2.76. The average Bonchev–Trinajstić information content (AvgIpc) is 2.26. The Balaban J connectivity index is 2.44. The van der Waals surface area contributed by atoms with E-state index in [2.05, 4.69) is 31.3 Å². The monoisotopic (exact) mass is 235 g/mol. The number of rotatable bonds is 6. The zero-order valence-electron chi connectivity index (χ0n) is 10.7. The van der Waals surface area contributed by atoms with Gasteiger partial charge in [-0.15, -0.1) is 0 Å². The van der Waals surface area contributed by atoms with Crippen LogP contribution in [0.2, 0.25) is 0 Å². The summed E-state index contributed by atoms with van der Waals surface area (Å²) in [7, 11) is 0. The number of aliphatic carboxylic acids is 1. The van der Waals surface area contributed by atoms with Gasteiger partial charge in [-0.05, 0) is 29.5 Å². The van der Waals surface area contributed by atoms with Crippen molar-refractivity contribution < 1.29 is 9.90 Å². The van der Waals surface area contributed by atoms with Gasteiger partial charge in [0.2, 0.25) is 0 Å². The molecule has 2 N–H and O–H groups in total. The van der Waals surface area contributed by atoms with E-state index in [4.69, 9.17) is 5.11 Å². The molecular weight excluding hydrogens is 214 g/mol. The smallest absolute Gasteiger partial charge is 0.303 e. The van der Waals surface area contributed by atoms with Crippen LogP contribution in [-0.2, 0) is 4.79 Å². The molecule has 0 spiro atoms. The van der Waals surface area contributed by atoms with Crippen molar-refractivity contribution in [1.82, 2.24) is 0 Å². The topological polar surface area (TPSA) is 49.3 Å². The zero-order chi connectivity index (χ0) is 12.8. The summed E-state index contributed by atoms with van der Waals surface area (Å²) in [5, 5.41) is 11.9. The summed E-state index contributed by atoms with van der Waals surface area (Å²) in [6, 6.07) is 8.30. The molecule has 0 saturated heterocycles. The van der Waals surface area contributed by atoms with Crippen LogP contribution >= 0.6 is 0 Å². The van der Waals surface area contributed by atoms with E-state index < -0.39 is 5.97 Å². The number of hydrogen-bond acceptors (Lipinski definition) is 2. The minimum atomic E-state index is -0.741. The Kier molecular flexibility index (Phi) is 5.01. The van der Waals surface area contributed by atoms with E-state index >= 15 is 0 Å². The average molecular weight is 235 g/mol. The Labute approximate surface area is 103 Å². The molecule has 0 amide bonds.